The molecule has 0 spiro atoms. The fourth-order valence-electron chi connectivity index (χ4n) is 1.48. The summed E-state index contributed by atoms with van der Waals surface area (Å²) < 4.78 is 54.3. The largest absolute Gasteiger partial charge is 0.490 e. The van der Waals surface area contributed by atoms with E-state index in [-0.39, 0.29) is 18.8 Å². The van der Waals surface area contributed by atoms with Crippen molar-refractivity contribution in [1.29, 1.82) is 0 Å². The third-order valence-corrected chi connectivity index (χ3v) is 2.34. The van der Waals surface area contributed by atoms with Crippen molar-refractivity contribution in [2.75, 3.05) is 6.61 Å². The molecule has 0 fully saturated rings. The summed E-state index contributed by atoms with van der Waals surface area (Å²) in [4.78, 5) is 0. The maximum Gasteiger partial charge on any atom is 0.389 e. The first-order chi connectivity index (χ1) is 8.31. The second-order valence-electron chi connectivity index (χ2n) is 4.01. The highest BCUT2D eigenvalue weighted by Gasteiger charge is 2.26. The fourth-order valence-corrected chi connectivity index (χ4v) is 1.48. The summed E-state index contributed by atoms with van der Waals surface area (Å²) in [6.07, 6.45) is -5.38. The summed E-state index contributed by atoms with van der Waals surface area (Å²) in [5.41, 5.74) is 6.08. The van der Waals surface area contributed by atoms with Gasteiger partial charge in [0.25, 0.3) is 0 Å². The van der Waals surface area contributed by atoms with Crippen LogP contribution in [0.1, 0.15) is 31.4 Å². The first-order valence-electron chi connectivity index (χ1n) is 5.55. The van der Waals surface area contributed by atoms with Crippen LogP contribution in [0.5, 0.6) is 5.75 Å². The Kier molecular flexibility index (Phi) is 4.95. The molecule has 0 saturated heterocycles. The molecule has 2 nitrogen and oxygen atoms in total. The number of ether oxygens (including phenoxy) is 1. The number of para-hydroxylation sites is 1. The molecule has 0 aliphatic carbocycles. The zero-order valence-electron chi connectivity index (χ0n) is 9.93. The molecule has 18 heavy (non-hydrogen) atoms. The van der Waals surface area contributed by atoms with E-state index < -0.39 is 24.5 Å². The van der Waals surface area contributed by atoms with Gasteiger partial charge in [0.05, 0.1) is 6.61 Å². The predicted octanol–water partition coefficient (Wildman–Crippen LogP) is 3.57. The second-order valence-corrected chi connectivity index (χ2v) is 4.01. The lowest BCUT2D eigenvalue weighted by molar-refractivity contribution is -0.136. The third-order valence-electron chi connectivity index (χ3n) is 2.34. The van der Waals surface area contributed by atoms with Gasteiger partial charge < -0.3 is 10.5 Å². The lowest BCUT2D eigenvalue weighted by Crippen LogP contribution is -2.12. The van der Waals surface area contributed by atoms with Gasteiger partial charge in [0, 0.05) is 18.0 Å². The van der Waals surface area contributed by atoms with E-state index >= 15 is 0 Å². The molecule has 0 amide bonds. The zero-order valence-corrected chi connectivity index (χ0v) is 9.93. The highest BCUT2D eigenvalue weighted by molar-refractivity contribution is 5.36. The van der Waals surface area contributed by atoms with Crippen molar-refractivity contribution in [1.82, 2.24) is 0 Å². The molecule has 1 aromatic rings. The highest BCUT2D eigenvalue weighted by atomic mass is 19.4. The Balaban J connectivity index is 2.61. The van der Waals surface area contributed by atoms with E-state index in [2.05, 4.69) is 0 Å². The molecule has 0 aliphatic heterocycles. The summed E-state index contributed by atoms with van der Waals surface area (Å²) in [6, 6.07) is 3.81. The minimum Gasteiger partial charge on any atom is -0.490 e. The van der Waals surface area contributed by atoms with Gasteiger partial charge >= 0.3 is 6.18 Å². The number of nitrogens with two attached hydrogens (primary N) is 1. The molecule has 1 rings (SSSR count). The van der Waals surface area contributed by atoms with Gasteiger partial charge in [0.2, 0.25) is 0 Å². The van der Waals surface area contributed by atoms with Crippen molar-refractivity contribution in [3.63, 3.8) is 0 Å². The minimum atomic E-state index is -4.22. The maximum atomic E-state index is 13.5. The molecule has 1 unspecified atom stereocenters. The summed E-state index contributed by atoms with van der Waals surface area (Å²) >= 11 is 0. The number of hydrogen-bond donors (Lipinski definition) is 1. The highest BCUT2D eigenvalue weighted by Crippen LogP contribution is 2.28. The van der Waals surface area contributed by atoms with Crippen LogP contribution < -0.4 is 10.5 Å². The summed E-state index contributed by atoms with van der Waals surface area (Å²) in [5, 5.41) is 0. The molecule has 2 N–H and O–H groups in total. The zero-order chi connectivity index (χ0) is 13.8. The summed E-state index contributed by atoms with van der Waals surface area (Å²) in [5.74, 6) is -0.675. The van der Waals surface area contributed by atoms with Crippen LogP contribution in [0.2, 0.25) is 0 Å². The van der Waals surface area contributed by atoms with Crippen molar-refractivity contribution in [2.45, 2.75) is 32.0 Å². The van der Waals surface area contributed by atoms with E-state index in [0.717, 1.165) is 0 Å². The number of halogens is 4. The standard InChI is InChI=1S/C12H15F4NO/c1-8(17)9-4-2-5-10(13)11(9)18-7-3-6-12(14,15)16/h2,4-5,8H,3,6-7,17H2,1H3. The van der Waals surface area contributed by atoms with Crippen LogP contribution in [-0.4, -0.2) is 12.8 Å². The van der Waals surface area contributed by atoms with Crippen molar-refractivity contribution < 1.29 is 22.3 Å². The average molecular weight is 265 g/mol. The Bertz CT molecular complexity index is 390. The SMILES string of the molecule is CC(N)c1cccc(F)c1OCCCC(F)(F)F. The lowest BCUT2D eigenvalue weighted by Gasteiger charge is -2.15. The third kappa shape index (κ3) is 4.52. The molecule has 1 atom stereocenters. The molecule has 1 aromatic carbocycles. The quantitative estimate of drug-likeness (QED) is 0.652. The average Bonchev–Trinajstić information content (AvgIpc) is 2.24. The Labute approximate surface area is 103 Å². The van der Waals surface area contributed by atoms with Crippen LogP contribution in [0.4, 0.5) is 17.6 Å². The maximum absolute atomic E-state index is 13.5. The first kappa shape index (κ1) is 14.8. The van der Waals surface area contributed by atoms with Crippen LogP contribution in [0.3, 0.4) is 0 Å². The molecule has 6 heteroatoms. The van der Waals surface area contributed by atoms with Crippen molar-refractivity contribution in [3.05, 3.63) is 29.6 Å². The van der Waals surface area contributed by atoms with Crippen molar-refractivity contribution in [3.8, 4) is 5.75 Å². The van der Waals surface area contributed by atoms with Gasteiger partial charge in [-0.15, -0.1) is 0 Å². The van der Waals surface area contributed by atoms with Crippen LogP contribution >= 0.6 is 0 Å². The fraction of sp³-hybridized carbons (Fsp3) is 0.500. The number of alkyl halides is 3. The van der Waals surface area contributed by atoms with Crippen LogP contribution in [0, 0.1) is 5.82 Å². The minimum absolute atomic E-state index is 0.0605. The molecule has 0 bridgehead atoms. The van der Waals surface area contributed by atoms with E-state index in [4.69, 9.17) is 10.5 Å². The molecule has 0 aliphatic rings. The Morgan fingerprint density at radius 1 is 1.33 bits per heavy atom. The molecule has 0 heterocycles. The van der Waals surface area contributed by atoms with Gasteiger partial charge in [0.15, 0.2) is 11.6 Å². The van der Waals surface area contributed by atoms with Gasteiger partial charge in [-0.3, -0.25) is 0 Å². The van der Waals surface area contributed by atoms with Crippen LogP contribution in [0.15, 0.2) is 18.2 Å². The normalized spacial score (nSPS) is 13.4. The van der Waals surface area contributed by atoms with Crippen molar-refractivity contribution >= 4 is 0 Å². The van der Waals surface area contributed by atoms with E-state index in [0.29, 0.717) is 5.56 Å². The van der Waals surface area contributed by atoms with Crippen LogP contribution in [-0.2, 0) is 0 Å². The smallest absolute Gasteiger partial charge is 0.389 e. The number of benzene rings is 1. The van der Waals surface area contributed by atoms with E-state index in [1.807, 2.05) is 0 Å². The number of rotatable bonds is 5. The van der Waals surface area contributed by atoms with E-state index in [1.165, 1.54) is 12.1 Å². The summed E-state index contributed by atoms with van der Waals surface area (Å²) in [7, 11) is 0. The Hall–Kier alpha value is -1.30. The lowest BCUT2D eigenvalue weighted by atomic mass is 10.1. The summed E-state index contributed by atoms with van der Waals surface area (Å²) in [6.45, 7) is 1.46. The van der Waals surface area contributed by atoms with Crippen LogP contribution in [0.25, 0.3) is 0 Å². The number of hydrogen-bond acceptors (Lipinski definition) is 2. The Morgan fingerprint density at radius 2 is 2.00 bits per heavy atom. The van der Waals surface area contributed by atoms with Gasteiger partial charge in [-0.25, -0.2) is 4.39 Å². The topological polar surface area (TPSA) is 35.2 Å². The van der Waals surface area contributed by atoms with E-state index in [1.54, 1.807) is 13.0 Å². The predicted molar refractivity (Wildman–Crippen MR) is 59.8 cm³/mol. The molecular formula is C12H15F4NO. The van der Waals surface area contributed by atoms with Gasteiger partial charge in [-0.2, -0.15) is 13.2 Å². The molecular weight excluding hydrogens is 250 g/mol. The van der Waals surface area contributed by atoms with Gasteiger partial charge in [-0.05, 0) is 19.4 Å². The first-order valence-corrected chi connectivity index (χ1v) is 5.55. The Morgan fingerprint density at radius 3 is 2.56 bits per heavy atom. The molecule has 0 saturated carbocycles. The van der Waals surface area contributed by atoms with E-state index in [9.17, 15) is 17.6 Å². The van der Waals surface area contributed by atoms with Crippen molar-refractivity contribution in [2.24, 2.45) is 5.73 Å². The molecule has 0 radical (unpaired) electrons. The molecule has 0 aromatic heterocycles. The monoisotopic (exact) mass is 265 g/mol. The van der Waals surface area contributed by atoms with Gasteiger partial charge in [-0.1, -0.05) is 12.1 Å². The molecule has 102 valence electrons. The van der Waals surface area contributed by atoms with Gasteiger partial charge in [0.1, 0.15) is 0 Å². The second kappa shape index (κ2) is 6.04.